The lowest BCUT2D eigenvalue weighted by molar-refractivity contribution is -0.137. The Hall–Kier alpha value is -2.01. The van der Waals surface area contributed by atoms with E-state index in [1.165, 1.54) is 11.8 Å². The Morgan fingerprint density at radius 1 is 1.07 bits per heavy atom. The SMILES string of the molecule is CC[C@H](NC(=O)[C@H](C)NC(=O)[C@@H](N=O)C1CCCCC1)C(=O)N1CCC[C@H]1B(O)O. The van der Waals surface area contributed by atoms with Crippen LogP contribution in [0.4, 0.5) is 0 Å². The Morgan fingerprint density at radius 2 is 1.73 bits per heavy atom. The van der Waals surface area contributed by atoms with E-state index in [2.05, 4.69) is 15.8 Å². The van der Waals surface area contributed by atoms with Gasteiger partial charge < -0.3 is 25.6 Å². The number of nitrogens with zero attached hydrogens (tertiary/aromatic N) is 2. The maximum Gasteiger partial charge on any atom is 0.475 e. The monoisotopic (exact) mass is 424 g/mol. The van der Waals surface area contributed by atoms with Gasteiger partial charge in [0, 0.05) is 6.54 Å². The summed E-state index contributed by atoms with van der Waals surface area (Å²) >= 11 is 0. The van der Waals surface area contributed by atoms with Crippen LogP contribution in [-0.4, -0.2) is 70.4 Å². The third kappa shape index (κ3) is 6.01. The van der Waals surface area contributed by atoms with Crippen LogP contribution in [0.3, 0.4) is 0 Å². The van der Waals surface area contributed by atoms with Gasteiger partial charge in [-0.05, 0) is 44.9 Å². The number of likely N-dealkylation sites (tertiary alicyclic amines) is 1. The van der Waals surface area contributed by atoms with Crippen LogP contribution < -0.4 is 10.6 Å². The second-order valence-corrected chi connectivity index (χ2v) is 8.30. The number of amides is 3. The van der Waals surface area contributed by atoms with Crippen molar-refractivity contribution in [2.75, 3.05) is 6.54 Å². The van der Waals surface area contributed by atoms with Crippen molar-refractivity contribution in [1.82, 2.24) is 15.5 Å². The fourth-order valence-electron chi connectivity index (χ4n) is 4.37. The molecule has 168 valence electrons. The average molecular weight is 424 g/mol. The van der Waals surface area contributed by atoms with Crippen LogP contribution >= 0.6 is 0 Å². The van der Waals surface area contributed by atoms with E-state index in [0.29, 0.717) is 25.8 Å². The number of nitrogens with one attached hydrogen (secondary N) is 2. The predicted octanol–water partition coefficient (Wildman–Crippen LogP) is 0.104. The van der Waals surface area contributed by atoms with E-state index in [1.54, 1.807) is 6.92 Å². The summed E-state index contributed by atoms with van der Waals surface area (Å²) in [6.07, 6.45) is 6.00. The minimum atomic E-state index is -1.63. The van der Waals surface area contributed by atoms with Gasteiger partial charge in [0.25, 0.3) is 0 Å². The van der Waals surface area contributed by atoms with E-state index in [9.17, 15) is 29.3 Å². The molecular weight excluding hydrogens is 391 g/mol. The molecule has 4 atom stereocenters. The Balaban J connectivity index is 1.93. The van der Waals surface area contributed by atoms with Crippen molar-refractivity contribution < 1.29 is 24.4 Å². The summed E-state index contributed by atoms with van der Waals surface area (Å²) in [4.78, 5) is 50.5. The number of carbonyl (C=O) groups is 3. The van der Waals surface area contributed by atoms with Gasteiger partial charge in [0.05, 0.1) is 5.94 Å². The first-order chi connectivity index (χ1) is 14.3. The van der Waals surface area contributed by atoms with Crippen molar-refractivity contribution in [3.63, 3.8) is 0 Å². The molecule has 0 bridgehead atoms. The van der Waals surface area contributed by atoms with E-state index >= 15 is 0 Å². The van der Waals surface area contributed by atoms with Crippen LogP contribution in [0.25, 0.3) is 0 Å². The van der Waals surface area contributed by atoms with Crippen LogP contribution in [0.15, 0.2) is 5.18 Å². The molecule has 0 aromatic rings. The molecule has 2 rings (SSSR count). The lowest BCUT2D eigenvalue weighted by Crippen LogP contribution is -2.56. The zero-order valence-electron chi connectivity index (χ0n) is 17.7. The van der Waals surface area contributed by atoms with Gasteiger partial charge in [0.15, 0.2) is 6.04 Å². The summed E-state index contributed by atoms with van der Waals surface area (Å²) < 4.78 is 0. The van der Waals surface area contributed by atoms with Crippen LogP contribution in [0.1, 0.15) is 65.2 Å². The Bertz CT molecular complexity index is 628. The highest BCUT2D eigenvalue weighted by Crippen LogP contribution is 2.28. The molecule has 0 aromatic carbocycles. The van der Waals surface area contributed by atoms with E-state index in [0.717, 1.165) is 32.1 Å². The zero-order chi connectivity index (χ0) is 22.3. The molecule has 1 aliphatic carbocycles. The van der Waals surface area contributed by atoms with Gasteiger partial charge in [-0.2, -0.15) is 0 Å². The quantitative estimate of drug-likeness (QED) is 0.305. The van der Waals surface area contributed by atoms with Crippen molar-refractivity contribution >= 4 is 24.8 Å². The van der Waals surface area contributed by atoms with Gasteiger partial charge >= 0.3 is 7.12 Å². The molecule has 0 aromatic heterocycles. The van der Waals surface area contributed by atoms with Crippen molar-refractivity contribution in [1.29, 1.82) is 0 Å². The van der Waals surface area contributed by atoms with E-state index < -0.39 is 43.0 Å². The third-order valence-corrected chi connectivity index (χ3v) is 6.18. The highest BCUT2D eigenvalue weighted by atomic mass is 16.4. The van der Waals surface area contributed by atoms with Gasteiger partial charge in [-0.15, -0.1) is 4.91 Å². The maximum atomic E-state index is 12.8. The fraction of sp³-hybridized carbons (Fsp3) is 0.842. The van der Waals surface area contributed by atoms with Crippen LogP contribution in [0.5, 0.6) is 0 Å². The molecular formula is C19H33BN4O6. The molecule has 11 heteroatoms. The van der Waals surface area contributed by atoms with Crippen LogP contribution in [0, 0.1) is 10.8 Å². The Kier molecular flexibility index (Phi) is 9.22. The zero-order valence-corrected chi connectivity index (χ0v) is 17.7. The summed E-state index contributed by atoms with van der Waals surface area (Å²) in [6, 6.07) is -2.79. The van der Waals surface area contributed by atoms with Gasteiger partial charge in [-0.1, -0.05) is 31.4 Å². The van der Waals surface area contributed by atoms with Gasteiger partial charge in [-0.3, -0.25) is 14.4 Å². The van der Waals surface area contributed by atoms with Crippen LogP contribution in [0.2, 0.25) is 0 Å². The van der Waals surface area contributed by atoms with Gasteiger partial charge in [-0.25, -0.2) is 0 Å². The summed E-state index contributed by atoms with van der Waals surface area (Å²) in [5, 5.41) is 27.1. The first kappa shape index (κ1) is 24.3. The first-order valence-corrected chi connectivity index (χ1v) is 10.9. The van der Waals surface area contributed by atoms with Crippen molar-refractivity contribution in [2.24, 2.45) is 11.1 Å². The molecule has 1 aliphatic heterocycles. The minimum Gasteiger partial charge on any atom is -0.426 e. The van der Waals surface area contributed by atoms with Gasteiger partial charge in [0.1, 0.15) is 12.1 Å². The molecule has 30 heavy (non-hydrogen) atoms. The first-order valence-electron chi connectivity index (χ1n) is 10.9. The molecule has 3 amide bonds. The minimum absolute atomic E-state index is 0.103. The number of rotatable bonds is 9. The summed E-state index contributed by atoms with van der Waals surface area (Å²) in [5.74, 6) is -2.28. The number of hydrogen-bond acceptors (Lipinski definition) is 7. The van der Waals surface area contributed by atoms with Crippen LogP contribution in [-0.2, 0) is 14.4 Å². The summed E-state index contributed by atoms with van der Waals surface area (Å²) in [7, 11) is -1.63. The Labute approximate surface area is 177 Å². The summed E-state index contributed by atoms with van der Waals surface area (Å²) in [6.45, 7) is 3.62. The number of hydrogen-bond donors (Lipinski definition) is 4. The summed E-state index contributed by atoms with van der Waals surface area (Å²) in [5.41, 5.74) is 0. The smallest absolute Gasteiger partial charge is 0.426 e. The lowest BCUT2D eigenvalue weighted by Gasteiger charge is -2.29. The standard InChI is InChI=1S/C19H33BN4O6/c1-3-14(19(27)24-11-7-10-15(24)20(28)29)22-17(25)12(2)21-18(26)16(23-30)13-8-5-4-6-9-13/h12-16,28-29H,3-11H2,1-2H3,(H,21,26)(H,22,25)/t12-,14-,15-,16-/m0/s1. The molecule has 4 N–H and O–H groups in total. The van der Waals surface area contributed by atoms with E-state index in [4.69, 9.17) is 0 Å². The highest BCUT2D eigenvalue weighted by Gasteiger charge is 2.39. The topological polar surface area (TPSA) is 148 Å². The third-order valence-electron chi connectivity index (χ3n) is 6.18. The van der Waals surface area contributed by atoms with Gasteiger partial charge in [0.2, 0.25) is 17.7 Å². The Morgan fingerprint density at radius 3 is 2.30 bits per heavy atom. The average Bonchev–Trinajstić information content (AvgIpc) is 3.23. The highest BCUT2D eigenvalue weighted by molar-refractivity contribution is 6.43. The molecule has 10 nitrogen and oxygen atoms in total. The van der Waals surface area contributed by atoms with E-state index in [1.807, 2.05) is 0 Å². The molecule has 1 heterocycles. The van der Waals surface area contributed by atoms with E-state index in [-0.39, 0.29) is 11.8 Å². The molecule has 0 radical (unpaired) electrons. The lowest BCUT2D eigenvalue weighted by atomic mass is 9.77. The van der Waals surface area contributed by atoms with Crippen molar-refractivity contribution in [3.05, 3.63) is 4.91 Å². The second-order valence-electron chi connectivity index (χ2n) is 8.30. The predicted molar refractivity (Wildman–Crippen MR) is 111 cm³/mol. The number of nitroso groups, excluding NO2 is 1. The molecule has 0 spiro atoms. The van der Waals surface area contributed by atoms with Crippen molar-refractivity contribution in [3.8, 4) is 0 Å². The molecule has 0 unspecified atom stereocenters. The largest absolute Gasteiger partial charge is 0.475 e. The second kappa shape index (κ2) is 11.4. The maximum absolute atomic E-state index is 12.8. The van der Waals surface area contributed by atoms with Crippen molar-refractivity contribution in [2.45, 2.75) is 89.3 Å². The normalized spacial score (nSPS) is 22.7. The molecule has 2 fully saturated rings. The molecule has 1 saturated heterocycles. The fourth-order valence-corrected chi connectivity index (χ4v) is 4.37. The molecule has 2 aliphatic rings. The number of carbonyl (C=O) groups excluding carboxylic acids is 3. The molecule has 1 saturated carbocycles.